The standard InChI is InChI=1S/C35H52N4O6/c1-34(2,3)44-32(42)38-28(24-26-18-12-10-13-19-26)30(40)36-22-16-8-7-9-17-23-37-31(41)29(25-27-20-14-11-15-21-27)39-33(43)45-35(4,5)6/h10-15,18-21,28-29H,7-9,16-17,22-25H2,1-6H3,(H,36,40)(H,37,41)(H,38,42)(H,39,43)/t28-,29-/m0/s1. The molecule has 0 aliphatic rings. The van der Waals surface area contributed by atoms with Gasteiger partial charge in [0.1, 0.15) is 23.3 Å². The maximum atomic E-state index is 12.9. The van der Waals surface area contributed by atoms with Crippen molar-refractivity contribution in [2.45, 2.75) is 110 Å². The molecule has 0 aromatic heterocycles. The van der Waals surface area contributed by atoms with Crippen LogP contribution < -0.4 is 21.3 Å². The summed E-state index contributed by atoms with van der Waals surface area (Å²) in [6.07, 6.45) is 3.81. The molecule has 0 aliphatic carbocycles. The van der Waals surface area contributed by atoms with Gasteiger partial charge in [-0.25, -0.2) is 9.59 Å². The first-order valence-electron chi connectivity index (χ1n) is 15.8. The number of carbonyl (C=O) groups is 4. The van der Waals surface area contributed by atoms with Crippen LogP contribution in [0.4, 0.5) is 9.59 Å². The second-order valence-electron chi connectivity index (χ2n) is 13.1. The number of hydrogen-bond acceptors (Lipinski definition) is 6. The number of nitrogens with one attached hydrogen (secondary N) is 4. The van der Waals surface area contributed by atoms with Crippen molar-refractivity contribution in [1.82, 2.24) is 21.3 Å². The average Bonchev–Trinajstić information content (AvgIpc) is 2.94. The normalized spacial score (nSPS) is 12.8. The zero-order valence-electron chi connectivity index (χ0n) is 27.7. The largest absolute Gasteiger partial charge is 0.444 e. The van der Waals surface area contributed by atoms with Gasteiger partial charge in [0.2, 0.25) is 11.8 Å². The summed E-state index contributed by atoms with van der Waals surface area (Å²) in [5, 5.41) is 11.3. The number of alkyl carbamates (subject to hydrolysis) is 2. The first kappa shape index (κ1) is 37.1. The summed E-state index contributed by atoms with van der Waals surface area (Å²) < 4.78 is 10.7. The van der Waals surface area contributed by atoms with E-state index in [2.05, 4.69) is 21.3 Å². The fraction of sp³-hybridized carbons (Fsp3) is 0.543. The van der Waals surface area contributed by atoms with Gasteiger partial charge in [0.05, 0.1) is 0 Å². The van der Waals surface area contributed by atoms with Crippen LogP contribution >= 0.6 is 0 Å². The zero-order valence-corrected chi connectivity index (χ0v) is 27.7. The van der Waals surface area contributed by atoms with Gasteiger partial charge < -0.3 is 30.7 Å². The van der Waals surface area contributed by atoms with Crippen molar-refractivity contribution in [3.8, 4) is 0 Å². The monoisotopic (exact) mass is 624 g/mol. The third-order valence-electron chi connectivity index (χ3n) is 6.53. The molecule has 2 atom stereocenters. The lowest BCUT2D eigenvalue weighted by molar-refractivity contribution is -0.123. The summed E-state index contributed by atoms with van der Waals surface area (Å²) in [5.41, 5.74) is 0.545. The van der Waals surface area contributed by atoms with E-state index >= 15 is 0 Å². The van der Waals surface area contributed by atoms with Gasteiger partial charge in [-0.05, 0) is 65.5 Å². The van der Waals surface area contributed by atoms with Crippen molar-refractivity contribution >= 4 is 24.0 Å². The third-order valence-corrected chi connectivity index (χ3v) is 6.53. The quantitative estimate of drug-likeness (QED) is 0.184. The molecule has 248 valence electrons. The molecule has 0 radical (unpaired) electrons. The summed E-state index contributed by atoms with van der Waals surface area (Å²) in [6, 6.07) is 17.6. The maximum absolute atomic E-state index is 12.9. The van der Waals surface area contributed by atoms with Gasteiger partial charge in [-0.1, -0.05) is 79.9 Å². The summed E-state index contributed by atoms with van der Waals surface area (Å²) in [4.78, 5) is 50.6. The minimum atomic E-state index is -0.749. The topological polar surface area (TPSA) is 135 Å². The predicted molar refractivity (Wildman–Crippen MR) is 176 cm³/mol. The van der Waals surface area contributed by atoms with E-state index < -0.39 is 35.5 Å². The van der Waals surface area contributed by atoms with Gasteiger partial charge in [-0.2, -0.15) is 0 Å². The molecule has 0 unspecified atom stereocenters. The molecule has 10 nitrogen and oxygen atoms in total. The maximum Gasteiger partial charge on any atom is 0.408 e. The van der Waals surface area contributed by atoms with Gasteiger partial charge in [-0.3, -0.25) is 9.59 Å². The summed E-state index contributed by atoms with van der Waals surface area (Å²) in [6.45, 7) is 11.7. The Hall–Kier alpha value is -4.08. The van der Waals surface area contributed by atoms with E-state index in [1.54, 1.807) is 41.5 Å². The van der Waals surface area contributed by atoms with E-state index in [0.717, 1.165) is 43.2 Å². The Morgan fingerprint density at radius 3 is 1.22 bits per heavy atom. The lowest BCUT2D eigenvalue weighted by Gasteiger charge is -2.23. The van der Waals surface area contributed by atoms with Gasteiger partial charge in [0.25, 0.3) is 0 Å². The molecule has 0 heterocycles. The van der Waals surface area contributed by atoms with Crippen LogP contribution in [0.25, 0.3) is 0 Å². The van der Waals surface area contributed by atoms with Crippen LogP contribution in [-0.4, -0.2) is 60.4 Å². The van der Waals surface area contributed by atoms with E-state index in [0.29, 0.717) is 25.9 Å². The Kier molecular flexibility index (Phi) is 15.4. The van der Waals surface area contributed by atoms with Crippen LogP contribution in [0, 0.1) is 0 Å². The minimum Gasteiger partial charge on any atom is -0.444 e. The van der Waals surface area contributed by atoms with Crippen molar-refractivity contribution in [2.75, 3.05) is 13.1 Å². The van der Waals surface area contributed by atoms with Crippen LogP contribution in [0.3, 0.4) is 0 Å². The average molecular weight is 625 g/mol. The number of unbranched alkanes of at least 4 members (excludes halogenated alkanes) is 4. The molecule has 2 aromatic carbocycles. The molecule has 0 saturated heterocycles. The number of amides is 4. The Balaban J connectivity index is 1.72. The number of benzene rings is 2. The fourth-order valence-electron chi connectivity index (χ4n) is 4.47. The summed E-state index contributed by atoms with van der Waals surface area (Å²) in [5.74, 6) is -0.505. The fourth-order valence-corrected chi connectivity index (χ4v) is 4.47. The molecule has 0 aliphatic heterocycles. The Bertz CT molecular complexity index is 1100. The molecule has 4 N–H and O–H groups in total. The van der Waals surface area contributed by atoms with E-state index in [9.17, 15) is 19.2 Å². The Labute approximate surface area is 268 Å². The third kappa shape index (κ3) is 17.1. The molecule has 45 heavy (non-hydrogen) atoms. The highest BCUT2D eigenvalue weighted by molar-refractivity contribution is 5.86. The molecule has 10 heteroatoms. The van der Waals surface area contributed by atoms with E-state index in [1.165, 1.54) is 0 Å². The lowest BCUT2D eigenvalue weighted by atomic mass is 10.1. The van der Waals surface area contributed by atoms with Crippen molar-refractivity contribution in [1.29, 1.82) is 0 Å². The smallest absolute Gasteiger partial charge is 0.408 e. The highest BCUT2D eigenvalue weighted by Crippen LogP contribution is 2.11. The minimum absolute atomic E-state index is 0.252. The number of ether oxygens (including phenoxy) is 2. The zero-order chi connectivity index (χ0) is 33.3. The van der Waals surface area contributed by atoms with Crippen molar-refractivity contribution in [3.05, 3.63) is 71.8 Å². The van der Waals surface area contributed by atoms with Gasteiger partial charge in [-0.15, -0.1) is 0 Å². The molecule has 2 rings (SSSR count). The van der Waals surface area contributed by atoms with Crippen LogP contribution in [0.2, 0.25) is 0 Å². The van der Waals surface area contributed by atoms with Crippen LogP contribution in [0.15, 0.2) is 60.7 Å². The number of hydrogen-bond donors (Lipinski definition) is 4. The first-order valence-corrected chi connectivity index (χ1v) is 15.8. The molecular formula is C35H52N4O6. The summed E-state index contributed by atoms with van der Waals surface area (Å²) >= 11 is 0. The van der Waals surface area contributed by atoms with Crippen molar-refractivity contribution in [2.24, 2.45) is 0 Å². The lowest BCUT2D eigenvalue weighted by Crippen LogP contribution is -2.49. The number of rotatable bonds is 16. The molecular weight excluding hydrogens is 572 g/mol. The van der Waals surface area contributed by atoms with E-state index in [1.807, 2.05) is 60.7 Å². The van der Waals surface area contributed by atoms with Gasteiger partial charge in [0, 0.05) is 25.9 Å². The van der Waals surface area contributed by atoms with Crippen LogP contribution in [-0.2, 0) is 31.9 Å². The SMILES string of the molecule is CC(C)(C)OC(=O)N[C@@H](Cc1ccccc1)C(=O)NCCCCCCCNC(=O)[C@H](Cc1ccccc1)NC(=O)OC(C)(C)C. The highest BCUT2D eigenvalue weighted by Gasteiger charge is 2.26. The molecule has 0 fully saturated rings. The van der Waals surface area contributed by atoms with Crippen molar-refractivity contribution in [3.63, 3.8) is 0 Å². The van der Waals surface area contributed by atoms with Gasteiger partial charge in [0.15, 0.2) is 0 Å². The molecule has 4 amide bonds. The van der Waals surface area contributed by atoms with Crippen LogP contribution in [0.5, 0.6) is 0 Å². The van der Waals surface area contributed by atoms with E-state index in [-0.39, 0.29) is 11.8 Å². The van der Waals surface area contributed by atoms with Crippen LogP contribution in [0.1, 0.15) is 84.8 Å². The van der Waals surface area contributed by atoms with Crippen molar-refractivity contribution < 1.29 is 28.7 Å². The Morgan fingerprint density at radius 2 is 0.889 bits per heavy atom. The summed E-state index contributed by atoms with van der Waals surface area (Å²) in [7, 11) is 0. The second kappa shape index (κ2) is 18.7. The second-order valence-corrected chi connectivity index (χ2v) is 13.1. The predicted octanol–water partition coefficient (Wildman–Crippen LogP) is 5.44. The molecule has 0 bridgehead atoms. The highest BCUT2D eigenvalue weighted by atomic mass is 16.6. The molecule has 2 aromatic rings. The molecule has 0 spiro atoms. The Morgan fingerprint density at radius 1 is 0.556 bits per heavy atom. The number of carbonyl (C=O) groups excluding carboxylic acids is 4. The molecule has 0 saturated carbocycles. The van der Waals surface area contributed by atoms with Gasteiger partial charge >= 0.3 is 12.2 Å². The first-order chi connectivity index (χ1) is 21.2. The van der Waals surface area contributed by atoms with E-state index in [4.69, 9.17) is 9.47 Å².